The van der Waals surface area contributed by atoms with Crippen LogP contribution in [-0.2, 0) is 0 Å². The zero-order chi connectivity index (χ0) is 22.4. The number of anilines is 1. The van der Waals surface area contributed by atoms with E-state index >= 15 is 0 Å². The third kappa shape index (κ3) is 6.98. The number of nitrogens with one attached hydrogen (secondary N) is 2. The summed E-state index contributed by atoms with van der Waals surface area (Å²) in [6, 6.07) is 9.38. The van der Waals surface area contributed by atoms with E-state index in [0.717, 1.165) is 25.6 Å². The van der Waals surface area contributed by atoms with Crippen LogP contribution >= 0.6 is 24.0 Å². The summed E-state index contributed by atoms with van der Waals surface area (Å²) >= 11 is 0. The lowest BCUT2D eigenvalue weighted by Gasteiger charge is -2.50. The van der Waals surface area contributed by atoms with Crippen molar-refractivity contribution in [2.45, 2.75) is 63.5 Å². The number of guanidine groups is 1. The number of benzene rings is 1. The van der Waals surface area contributed by atoms with E-state index in [1.54, 1.807) is 0 Å². The summed E-state index contributed by atoms with van der Waals surface area (Å²) in [6.45, 7) is 10.2. The molecular weight excluding hydrogens is 523 g/mol. The maximum atomic E-state index is 4.61. The van der Waals surface area contributed by atoms with Gasteiger partial charge in [-0.15, -0.1) is 24.0 Å². The Labute approximate surface area is 218 Å². The molecule has 7 heteroatoms. The van der Waals surface area contributed by atoms with Gasteiger partial charge in [0.25, 0.3) is 0 Å². The summed E-state index contributed by atoms with van der Waals surface area (Å²) in [5, 5.41) is 7.52. The van der Waals surface area contributed by atoms with E-state index in [1.807, 2.05) is 7.05 Å². The molecule has 0 spiro atoms. The Bertz CT molecular complexity index is 738. The summed E-state index contributed by atoms with van der Waals surface area (Å²) in [4.78, 5) is 12.4. The van der Waals surface area contributed by atoms with Crippen LogP contribution in [0.5, 0.6) is 0 Å². The SMILES string of the molecule is CN=C(NCC1(N2CCCCC2)CCN(C)CC1)NC1CCCN(c2ccc(C)cc2)C1.I. The largest absolute Gasteiger partial charge is 0.369 e. The summed E-state index contributed by atoms with van der Waals surface area (Å²) < 4.78 is 0. The molecule has 2 N–H and O–H groups in total. The molecule has 3 fully saturated rings. The predicted octanol–water partition coefficient (Wildman–Crippen LogP) is 3.70. The number of aryl methyl sites for hydroxylation is 1. The second-order valence-electron chi connectivity index (χ2n) is 10.3. The second kappa shape index (κ2) is 12.6. The minimum absolute atomic E-state index is 0. The third-order valence-corrected chi connectivity index (χ3v) is 7.91. The summed E-state index contributed by atoms with van der Waals surface area (Å²) in [7, 11) is 4.18. The molecule has 1 aromatic carbocycles. The lowest BCUT2D eigenvalue weighted by Crippen LogP contribution is -2.62. The molecule has 186 valence electrons. The first-order valence-corrected chi connectivity index (χ1v) is 12.8. The molecule has 0 saturated carbocycles. The van der Waals surface area contributed by atoms with E-state index in [4.69, 9.17) is 0 Å². The van der Waals surface area contributed by atoms with Crippen molar-refractivity contribution in [3.63, 3.8) is 0 Å². The molecule has 0 radical (unpaired) electrons. The number of rotatable bonds is 5. The molecule has 0 aromatic heterocycles. The molecule has 3 heterocycles. The molecule has 33 heavy (non-hydrogen) atoms. The van der Waals surface area contributed by atoms with Crippen LogP contribution < -0.4 is 15.5 Å². The summed E-state index contributed by atoms with van der Waals surface area (Å²) in [6.07, 6.45) is 9.00. The van der Waals surface area contributed by atoms with Gasteiger partial charge in [0.2, 0.25) is 0 Å². The number of piperidine rings is 3. The fourth-order valence-electron chi connectivity index (χ4n) is 5.73. The molecule has 1 aromatic rings. The quantitative estimate of drug-likeness (QED) is 0.323. The lowest BCUT2D eigenvalue weighted by atomic mass is 9.84. The van der Waals surface area contributed by atoms with Gasteiger partial charge in [-0.3, -0.25) is 9.89 Å². The summed E-state index contributed by atoms with van der Waals surface area (Å²) in [5.41, 5.74) is 2.92. The molecule has 1 atom stereocenters. The van der Waals surface area contributed by atoms with Gasteiger partial charge in [0.1, 0.15) is 0 Å². The van der Waals surface area contributed by atoms with Gasteiger partial charge in [0.05, 0.1) is 0 Å². The minimum Gasteiger partial charge on any atom is -0.369 e. The van der Waals surface area contributed by atoms with Crippen molar-refractivity contribution >= 4 is 35.6 Å². The van der Waals surface area contributed by atoms with E-state index < -0.39 is 0 Å². The van der Waals surface area contributed by atoms with Crippen molar-refractivity contribution in [1.29, 1.82) is 0 Å². The molecule has 0 aliphatic carbocycles. The fraction of sp³-hybridized carbons (Fsp3) is 0.731. The van der Waals surface area contributed by atoms with Crippen LogP contribution in [0.4, 0.5) is 5.69 Å². The molecule has 4 rings (SSSR count). The van der Waals surface area contributed by atoms with Crippen LogP contribution in [0.1, 0.15) is 50.5 Å². The zero-order valence-corrected chi connectivity index (χ0v) is 23.3. The Hall–Kier alpha value is -1.06. The molecule has 3 aliphatic rings. The van der Waals surface area contributed by atoms with Gasteiger partial charge < -0.3 is 20.4 Å². The topological polar surface area (TPSA) is 46.1 Å². The number of nitrogens with zero attached hydrogens (tertiary/aromatic N) is 4. The van der Waals surface area contributed by atoms with E-state index in [9.17, 15) is 0 Å². The standard InChI is InChI=1S/C26H44N6.HI/c1-22-9-11-24(12-10-22)31-15-7-8-23(20-31)29-25(27-2)28-21-26(13-18-30(3)19-14-26)32-16-5-4-6-17-32;/h9-12,23H,4-8,13-21H2,1-3H3,(H2,27,28,29);1H. The molecule has 0 amide bonds. The van der Waals surface area contributed by atoms with E-state index in [2.05, 4.69) is 68.6 Å². The van der Waals surface area contributed by atoms with Crippen LogP contribution in [-0.4, -0.2) is 87.2 Å². The number of likely N-dealkylation sites (tertiary alicyclic amines) is 2. The third-order valence-electron chi connectivity index (χ3n) is 7.91. The highest BCUT2D eigenvalue weighted by molar-refractivity contribution is 14.0. The van der Waals surface area contributed by atoms with Crippen molar-refractivity contribution in [1.82, 2.24) is 20.4 Å². The minimum atomic E-state index is 0. The van der Waals surface area contributed by atoms with Crippen molar-refractivity contribution in [3.8, 4) is 0 Å². The van der Waals surface area contributed by atoms with Gasteiger partial charge >= 0.3 is 0 Å². The fourth-order valence-corrected chi connectivity index (χ4v) is 5.73. The first-order valence-electron chi connectivity index (χ1n) is 12.8. The van der Waals surface area contributed by atoms with Gasteiger partial charge in [0, 0.05) is 44.0 Å². The number of hydrogen-bond donors (Lipinski definition) is 2. The van der Waals surface area contributed by atoms with Gasteiger partial charge in [0.15, 0.2) is 5.96 Å². The molecule has 3 aliphatic heterocycles. The monoisotopic (exact) mass is 568 g/mol. The number of hydrogen-bond acceptors (Lipinski definition) is 4. The maximum absolute atomic E-state index is 4.61. The maximum Gasteiger partial charge on any atom is 0.191 e. The average Bonchev–Trinajstić information content (AvgIpc) is 2.84. The Kier molecular flexibility index (Phi) is 10.1. The van der Waals surface area contributed by atoms with Crippen molar-refractivity contribution in [2.75, 3.05) is 64.8 Å². The molecular formula is C26H45IN6. The summed E-state index contributed by atoms with van der Waals surface area (Å²) in [5.74, 6) is 0.969. The molecule has 6 nitrogen and oxygen atoms in total. The Morgan fingerprint density at radius 1 is 1.00 bits per heavy atom. The van der Waals surface area contributed by atoms with Gasteiger partial charge in [-0.1, -0.05) is 24.1 Å². The highest BCUT2D eigenvalue weighted by atomic mass is 127. The van der Waals surface area contributed by atoms with Crippen molar-refractivity contribution < 1.29 is 0 Å². The van der Waals surface area contributed by atoms with Crippen molar-refractivity contribution in [3.05, 3.63) is 29.8 Å². The zero-order valence-electron chi connectivity index (χ0n) is 21.0. The molecule has 1 unspecified atom stereocenters. The van der Waals surface area contributed by atoms with E-state index in [-0.39, 0.29) is 29.5 Å². The first kappa shape index (κ1) is 26.5. The van der Waals surface area contributed by atoms with Crippen molar-refractivity contribution in [2.24, 2.45) is 4.99 Å². The van der Waals surface area contributed by atoms with E-state index in [0.29, 0.717) is 6.04 Å². The Balaban J connectivity index is 0.00000306. The average molecular weight is 569 g/mol. The Morgan fingerprint density at radius 3 is 2.36 bits per heavy atom. The van der Waals surface area contributed by atoms with E-state index in [1.165, 1.54) is 82.4 Å². The van der Waals surface area contributed by atoms with Crippen LogP contribution in [0.2, 0.25) is 0 Å². The van der Waals surface area contributed by atoms with Gasteiger partial charge in [-0.25, -0.2) is 0 Å². The molecule has 0 bridgehead atoms. The molecule has 3 saturated heterocycles. The number of halogens is 1. The first-order chi connectivity index (χ1) is 15.6. The predicted molar refractivity (Wildman–Crippen MR) is 151 cm³/mol. The lowest BCUT2D eigenvalue weighted by molar-refractivity contribution is 0.0173. The van der Waals surface area contributed by atoms with Crippen LogP contribution in [0.3, 0.4) is 0 Å². The second-order valence-corrected chi connectivity index (χ2v) is 10.3. The van der Waals surface area contributed by atoms with Crippen LogP contribution in [0.25, 0.3) is 0 Å². The highest BCUT2D eigenvalue weighted by Gasteiger charge is 2.39. The number of aliphatic imine (C=N–C) groups is 1. The normalized spacial score (nSPS) is 24.8. The smallest absolute Gasteiger partial charge is 0.191 e. The highest BCUT2D eigenvalue weighted by Crippen LogP contribution is 2.31. The van der Waals surface area contributed by atoms with Gasteiger partial charge in [-0.05, 0) is 90.8 Å². The van der Waals surface area contributed by atoms with Crippen LogP contribution in [0.15, 0.2) is 29.3 Å². The van der Waals surface area contributed by atoms with Gasteiger partial charge in [-0.2, -0.15) is 0 Å². The Morgan fingerprint density at radius 2 is 1.70 bits per heavy atom. The van der Waals surface area contributed by atoms with Crippen LogP contribution in [0, 0.1) is 6.92 Å².